The molecule has 1 aromatic heterocycles. The van der Waals surface area contributed by atoms with Crippen molar-refractivity contribution < 1.29 is 9.90 Å². The molecule has 90 valence electrons. The van der Waals surface area contributed by atoms with E-state index in [0.29, 0.717) is 5.56 Å². The van der Waals surface area contributed by atoms with Gasteiger partial charge < -0.3 is 10.0 Å². The van der Waals surface area contributed by atoms with Crippen LogP contribution in [0.5, 0.6) is 0 Å². The number of hydrogen-bond acceptors (Lipinski definition) is 3. The Morgan fingerprint density at radius 1 is 1.41 bits per heavy atom. The van der Waals surface area contributed by atoms with Gasteiger partial charge in [0.25, 0.3) is 0 Å². The van der Waals surface area contributed by atoms with Gasteiger partial charge >= 0.3 is 5.97 Å². The summed E-state index contributed by atoms with van der Waals surface area (Å²) >= 11 is 0. The smallest absolute Gasteiger partial charge is 0.335 e. The zero-order valence-corrected chi connectivity index (χ0v) is 10.1. The van der Waals surface area contributed by atoms with Gasteiger partial charge in [0.15, 0.2) is 0 Å². The maximum Gasteiger partial charge on any atom is 0.335 e. The molecule has 0 saturated carbocycles. The van der Waals surface area contributed by atoms with Crippen molar-refractivity contribution in [3.63, 3.8) is 0 Å². The minimum absolute atomic E-state index is 0.305. The second-order valence-corrected chi connectivity index (χ2v) is 4.42. The molecule has 1 aliphatic heterocycles. The van der Waals surface area contributed by atoms with Gasteiger partial charge in [0, 0.05) is 18.8 Å². The van der Waals surface area contributed by atoms with Crippen LogP contribution in [0, 0.1) is 6.92 Å². The standard InChI is InChI=1S/C13H16N2O2/c1-9-4-3-5-15(8-9)12-7-11(13(16)17)6-10(2)14-12/h4,6-7H,3,5,8H2,1-2H3,(H,16,17). The van der Waals surface area contributed by atoms with Gasteiger partial charge in [0.1, 0.15) is 5.82 Å². The van der Waals surface area contributed by atoms with Gasteiger partial charge in [-0.3, -0.25) is 0 Å². The van der Waals surface area contributed by atoms with E-state index in [2.05, 4.69) is 22.9 Å². The summed E-state index contributed by atoms with van der Waals surface area (Å²) in [5.41, 5.74) is 2.35. The van der Waals surface area contributed by atoms with Gasteiger partial charge in [-0.2, -0.15) is 0 Å². The van der Waals surface area contributed by atoms with E-state index in [0.717, 1.165) is 31.0 Å². The number of carboxylic acids is 1. The van der Waals surface area contributed by atoms with Gasteiger partial charge in [-0.25, -0.2) is 9.78 Å². The summed E-state index contributed by atoms with van der Waals surface area (Å²) in [6.07, 6.45) is 3.20. The topological polar surface area (TPSA) is 53.4 Å². The average molecular weight is 232 g/mol. The highest BCUT2D eigenvalue weighted by atomic mass is 16.4. The molecular formula is C13H16N2O2. The molecule has 0 amide bonds. The number of anilines is 1. The Hall–Kier alpha value is -1.84. The summed E-state index contributed by atoms with van der Waals surface area (Å²) in [4.78, 5) is 17.5. The largest absolute Gasteiger partial charge is 0.478 e. The molecule has 2 rings (SSSR count). The van der Waals surface area contributed by atoms with Crippen molar-refractivity contribution in [2.24, 2.45) is 0 Å². The number of carbonyl (C=O) groups is 1. The molecule has 0 unspecified atom stereocenters. The van der Waals surface area contributed by atoms with Crippen LogP contribution in [-0.4, -0.2) is 29.1 Å². The molecule has 0 aliphatic carbocycles. The zero-order chi connectivity index (χ0) is 12.4. The van der Waals surface area contributed by atoms with Gasteiger partial charge in [-0.05, 0) is 32.4 Å². The Bertz CT molecular complexity index is 480. The highest BCUT2D eigenvalue weighted by molar-refractivity contribution is 5.88. The molecule has 0 bridgehead atoms. The van der Waals surface area contributed by atoms with Crippen LogP contribution in [0.2, 0.25) is 0 Å². The van der Waals surface area contributed by atoms with E-state index in [1.807, 2.05) is 6.92 Å². The fourth-order valence-corrected chi connectivity index (χ4v) is 2.04. The van der Waals surface area contributed by atoms with E-state index < -0.39 is 5.97 Å². The zero-order valence-electron chi connectivity index (χ0n) is 10.1. The first kappa shape index (κ1) is 11.6. The van der Waals surface area contributed by atoms with Gasteiger partial charge in [-0.15, -0.1) is 0 Å². The lowest BCUT2D eigenvalue weighted by molar-refractivity contribution is 0.0696. The minimum Gasteiger partial charge on any atom is -0.478 e. The highest BCUT2D eigenvalue weighted by Gasteiger charge is 2.14. The molecule has 4 heteroatoms. The molecule has 1 N–H and O–H groups in total. The molecule has 4 nitrogen and oxygen atoms in total. The molecule has 0 radical (unpaired) electrons. The molecule has 1 aliphatic rings. The van der Waals surface area contributed by atoms with E-state index in [9.17, 15) is 4.79 Å². The predicted molar refractivity (Wildman–Crippen MR) is 66.5 cm³/mol. The lowest BCUT2D eigenvalue weighted by Gasteiger charge is -2.27. The summed E-state index contributed by atoms with van der Waals surface area (Å²) in [6.45, 7) is 5.63. The second-order valence-electron chi connectivity index (χ2n) is 4.42. The molecular weight excluding hydrogens is 216 g/mol. The number of aromatic nitrogens is 1. The van der Waals surface area contributed by atoms with Crippen LogP contribution < -0.4 is 4.90 Å². The Balaban J connectivity index is 2.32. The number of aryl methyl sites for hydroxylation is 1. The first-order valence-electron chi connectivity index (χ1n) is 5.69. The van der Waals surface area contributed by atoms with E-state index in [-0.39, 0.29) is 0 Å². The number of nitrogens with zero attached hydrogens (tertiary/aromatic N) is 2. The van der Waals surface area contributed by atoms with Crippen molar-refractivity contribution in [2.45, 2.75) is 20.3 Å². The summed E-state index contributed by atoms with van der Waals surface area (Å²) in [7, 11) is 0. The number of hydrogen-bond donors (Lipinski definition) is 1. The van der Waals surface area contributed by atoms with Crippen LogP contribution in [0.25, 0.3) is 0 Å². The molecule has 0 fully saturated rings. The first-order chi connectivity index (χ1) is 8.06. The van der Waals surface area contributed by atoms with Gasteiger partial charge in [0.05, 0.1) is 5.56 Å². The SMILES string of the molecule is CC1=CCCN(c2cc(C(=O)O)cc(C)n2)C1. The van der Waals surface area contributed by atoms with Crippen LogP contribution in [0.4, 0.5) is 5.82 Å². The van der Waals surface area contributed by atoms with Gasteiger partial charge in [0.2, 0.25) is 0 Å². The summed E-state index contributed by atoms with van der Waals surface area (Å²) in [5.74, 6) is -0.143. The minimum atomic E-state index is -0.902. The number of aromatic carboxylic acids is 1. The van der Waals surface area contributed by atoms with E-state index >= 15 is 0 Å². The number of pyridine rings is 1. The van der Waals surface area contributed by atoms with Crippen LogP contribution >= 0.6 is 0 Å². The van der Waals surface area contributed by atoms with Crippen LogP contribution in [0.1, 0.15) is 29.4 Å². The third kappa shape index (κ3) is 2.64. The average Bonchev–Trinajstić information content (AvgIpc) is 2.28. The summed E-state index contributed by atoms with van der Waals surface area (Å²) in [6, 6.07) is 3.24. The third-order valence-electron chi connectivity index (χ3n) is 2.84. The number of rotatable bonds is 2. The second kappa shape index (κ2) is 4.57. The monoisotopic (exact) mass is 232 g/mol. The van der Waals surface area contributed by atoms with Crippen molar-refractivity contribution >= 4 is 11.8 Å². The van der Waals surface area contributed by atoms with Crippen molar-refractivity contribution in [2.75, 3.05) is 18.0 Å². The molecule has 1 aromatic rings. The molecule has 0 saturated heterocycles. The van der Waals surface area contributed by atoms with Crippen molar-refractivity contribution in [3.05, 3.63) is 35.0 Å². The number of carboxylic acid groups (broad SMARTS) is 1. The van der Waals surface area contributed by atoms with Crippen LogP contribution in [0.3, 0.4) is 0 Å². The first-order valence-corrected chi connectivity index (χ1v) is 5.69. The molecule has 0 spiro atoms. The maximum atomic E-state index is 11.0. The van der Waals surface area contributed by atoms with Crippen molar-refractivity contribution in [3.8, 4) is 0 Å². The maximum absolute atomic E-state index is 11.0. The Morgan fingerprint density at radius 3 is 2.82 bits per heavy atom. The Kier molecular flexibility index (Phi) is 3.13. The Labute approximate surface area is 101 Å². The van der Waals surface area contributed by atoms with E-state index in [1.165, 1.54) is 5.57 Å². The molecule has 0 aromatic carbocycles. The quantitative estimate of drug-likeness (QED) is 0.794. The normalized spacial score (nSPS) is 15.6. The molecule has 2 heterocycles. The predicted octanol–water partition coefficient (Wildman–Crippen LogP) is 2.24. The van der Waals surface area contributed by atoms with Gasteiger partial charge in [-0.1, -0.05) is 11.6 Å². The van der Waals surface area contributed by atoms with Crippen LogP contribution in [-0.2, 0) is 0 Å². The summed E-state index contributed by atoms with van der Waals surface area (Å²) in [5, 5.41) is 9.03. The molecule has 17 heavy (non-hydrogen) atoms. The van der Waals surface area contributed by atoms with E-state index in [4.69, 9.17) is 5.11 Å². The lowest BCUT2D eigenvalue weighted by atomic mass is 10.1. The molecule has 0 atom stereocenters. The fourth-order valence-electron chi connectivity index (χ4n) is 2.04. The van der Waals surface area contributed by atoms with E-state index in [1.54, 1.807) is 12.1 Å². The highest BCUT2D eigenvalue weighted by Crippen LogP contribution is 2.19. The fraction of sp³-hybridized carbons (Fsp3) is 0.385. The lowest BCUT2D eigenvalue weighted by Crippen LogP contribution is -2.30. The van der Waals surface area contributed by atoms with Crippen molar-refractivity contribution in [1.29, 1.82) is 0 Å². The Morgan fingerprint density at radius 2 is 2.18 bits per heavy atom. The van der Waals surface area contributed by atoms with Crippen LogP contribution in [0.15, 0.2) is 23.8 Å². The van der Waals surface area contributed by atoms with Crippen molar-refractivity contribution in [1.82, 2.24) is 4.98 Å². The summed E-state index contributed by atoms with van der Waals surface area (Å²) < 4.78 is 0. The third-order valence-corrected chi connectivity index (χ3v) is 2.84.